The molecule has 1 amide bonds. The summed E-state index contributed by atoms with van der Waals surface area (Å²) in [4.78, 5) is 27.3. The van der Waals surface area contributed by atoms with Gasteiger partial charge in [0, 0.05) is 17.8 Å². The van der Waals surface area contributed by atoms with Gasteiger partial charge < -0.3 is 15.2 Å². The standard InChI is InChI=1S/C15H12Cl2N2O4/c1-23-15(22)12-3-2-8(6-18-12)7-19-14(21)10-4-9(16)5-11(17)13(10)20/h2-6,20H,7H2,1H3,(H,19,21). The number of nitrogens with zero attached hydrogens (tertiary/aromatic N) is 1. The number of esters is 1. The summed E-state index contributed by atoms with van der Waals surface area (Å²) in [6.45, 7) is 0.150. The number of nitrogens with one attached hydrogen (secondary N) is 1. The molecular formula is C15H12Cl2N2O4. The molecule has 0 bridgehead atoms. The van der Waals surface area contributed by atoms with E-state index in [9.17, 15) is 14.7 Å². The zero-order valence-electron chi connectivity index (χ0n) is 12.0. The van der Waals surface area contributed by atoms with Crippen molar-refractivity contribution in [3.05, 3.63) is 57.3 Å². The van der Waals surface area contributed by atoms with Crippen LogP contribution in [0.25, 0.3) is 0 Å². The second kappa shape index (κ2) is 7.30. The van der Waals surface area contributed by atoms with Gasteiger partial charge in [-0.1, -0.05) is 29.3 Å². The first-order valence-corrected chi connectivity index (χ1v) is 7.17. The van der Waals surface area contributed by atoms with E-state index in [1.165, 1.54) is 31.5 Å². The summed E-state index contributed by atoms with van der Waals surface area (Å²) in [5.41, 5.74) is 0.808. The van der Waals surface area contributed by atoms with Crippen molar-refractivity contribution >= 4 is 35.1 Å². The van der Waals surface area contributed by atoms with E-state index in [0.717, 1.165) is 0 Å². The molecule has 0 aliphatic carbocycles. The lowest BCUT2D eigenvalue weighted by atomic mass is 10.1. The van der Waals surface area contributed by atoms with Gasteiger partial charge in [-0.05, 0) is 23.8 Å². The minimum Gasteiger partial charge on any atom is -0.506 e. The third kappa shape index (κ3) is 4.12. The van der Waals surface area contributed by atoms with Crippen LogP contribution in [0, 0.1) is 0 Å². The van der Waals surface area contributed by atoms with Gasteiger partial charge in [-0.3, -0.25) is 4.79 Å². The average Bonchev–Trinajstić information content (AvgIpc) is 2.55. The average molecular weight is 355 g/mol. The number of hydrogen-bond donors (Lipinski definition) is 2. The molecular weight excluding hydrogens is 343 g/mol. The Balaban J connectivity index is 2.06. The number of rotatable bonds is 4. The second-order valence-electron chi connectivity index (χ2n) is 4.51. The van der Waals surface area contributed by atoms with E-state index in [0.29, 0.717) is 5.56 Å². The van der Waals surface area contributed by atoms with Gasteiger partial charge in [-0.25, -0.2) is 9.78 Å². The van der Waals surface area contributed by atoms with Gasteiger partial charge in [0.1, 0.15) is 11.4 Å². The van der Waals surface area contributed by atoms with E-state index in [4.69, 9.17) is 23.2 Å². The maximum Gasteiger partial charge on any atom is 0.356 e. The Morgan fingerprint density at radius 2 is 2.04 bits per heavy atom. The molecule has 2 rings (SSSR count). The minimum absolute atomic E-state index is 0.00764. The number of methoxy groups -OCH3 is 1. The summed E-state index contributed by atoms with van der Waals surface area (Å²) in [6, 6.07) is 5.77. The number of phenols is 1. The number of phenolic OH excluding ortho intramolecular Hbond substituents is 1. The number of pyridine rings is 1. The van der Waals surface area contributed by atoms with Gasteiger partial charge in [-0.2, -0.15) is 0 Å². The van der Waals surface area contributed by atoms with Crippen molar-refractivity contribution in [1.82, 2.24) is 10.3 Å². The largest absolute Gasteiger partial charge is 0.506 e. The highest BCUT2D eigenvalue weighted by molar-refractivity contribution is 6.36. The molecule has 0 atom stereocenters. The Kier molecular flexibility index (Phi) is 5.41. The molecule has 23 heavy (non-hydrogen) atoms. The van der Waals surface area contributed by atoms with Gasteiger partial charge in [0.05, 0.1) is 17.7 Å². The minimum atomic E-state index is -0.543. The fourth-order valence-corrected chi connectivity index (χ4v) is 2.26. The van der Waals surface area contributed by atoms with Crippen molar-refractivity contribution in [1.29, 1.82) is 0 Å². The number of carbonyl (C=O) groups is 2. The van der Waals surface area contributed by atoms with Crippen molar-refractivity contribution < 1.29 is 19.4 Å². The molecule has 0 unspecified atom stereocenters. The van der Waals surface area contributed by atoms with Crippen LogP contribution in [0.4, 0.5) is 0 Å². The molecule has 0 aliphatic heterocycles. The van der Waals surface area contributed by atoms with E-state index in [-0.39, 0.29) is 33.6 Å². The third-order valence-electron chi connectivity index (χ3n) is 2.95. The molecule has 0 saturated heterocycles. The van der Waals surface area contributed by atoms with Crippen LogP contribution < -0.4 is 5.32 Å². The van der Waals surface area contributed by atoms with E-state index in [1.807, 2.05) is 0 Å². The number of benzene rings is 1. The molecule has 8 heteroatoms. The number of ether oxygens (including phenoxy) is 1. The SMILES string of the molecule is COC(=O)c1ccc(CNC(=O)c2cc(Cl)cc(Cl)c2O)cn1. The van der Waals surface area contributed by atoms with E-state index in [2.05, 4.69) is 15.0 Å². The quantitative estimate of drug-likeness (QED) is 0.824. The monoisotopic (exact) mass is 354 g/mol. The third-order valence-corrected chi connectivity index (χ3v) is 3.45. The summed E-state index contributed by atoms with van der Waals surface area (Å²) in [6.07, 6.45) is 1.44. The number of carbonyl (C=O) groups excluding carboxylic acids is 2. The molecule has 0 spiro atoms. The number of hydrogen-bond acceptors (Lipinski definition) is 5. The number of amides is 1. The number of aromatic nitrogens is 1. The molecule has 6 nitrogen and oxygen atoms in total. The van der Waals surface area contributed by atoms with Crippen LogP contribution in [0.3, 0.4) is 0 Å². The Labute approximate surface area is 142 Å². The van der Waals surface area contributed by atoms with Crippen LogP contribution >= 0.6 is 23.2 Å². The normalized spacial score (nSPS) is 10.2. The highest BCUT2D eigenvalue weighted by Gasteiger charge is 2.15. The summed E-state index contributed by atoms with van der Waals surface area (Å²) >= 11 is 11.6. The fraction of sp³-hybridized carbons (Fsp3) is 0.133. The lowest BCUT2D eigenvalue weighted by molar-refractivity contribution is 0.0593. The predicted octanol–water partition coefficient (Wildman–Crippen LogP) is 2.81. The zero-order chi connectivity index (χ0) is 17.0. The first-order valence-electron chi connectivity index (χ1n) is 6.42. The summed E-state index contributed by atoms with van der Waals surface area (Å²) in [5, 5.41) is 12.6. The Morgan fingerprint density at radius 3 is 2.65 bits per heavy atom. The van der Waals surface area contributed by atoms with Gasteiger partial charge in [0.15, 0.2) is 0 Å². The first-order chi connectivity index (χ1) is 10.9. The smallest absolute Gasteiger partial charge is 0.356 e. The van der Waals surface area contributed by atoms with Crippen LogP contribution in [-0.4, -0.2) is 29.1 Å². The van der Waals surface area contributed by atoms with E-state index in [1.54, 1.807) is 6.07 Å². The molecule has 2 N–H and O–H groups in total. The van der Waals surface area contributed by atoms with E-state index < -0.39 is 11.9 Å². The van der Waals surface area contributed by atoms with Crippen LogP contribution in [0.1, 0.15) is 26.4 Å². The van der Waals surface area contributed by atoms with Gasteiger partial charge in [0.2, 0.25) is 0 Å². The molecule has 0 saturated carbocycles. The predicted molar refractivity (Wildman–Crippen MR) is 84.9 cm³/mol. The lowest BCUT2D eigenvalue weighted by Gasteiger charge is -2.09. The van der Waals surface area contributed by atoms with Gasteiger partial charge in [0.25, 0.3) is 5.91 Å². The molecule has 1 heterocycles. The summed E-state index contributed by atoms with van der Waals surface area (Å²) in [7, 11) is 1.26. The Hall–Kier alpha value is -2.31. The molecule has 0 radical (unpaired) electrons. The molecule has 1 aromatic heterocycles. The Bertz CT molecular complexity index is 748. The van der Waals surface area contributed by atoms with Crippen molar-refractivity contribution in [2.75, 3.05) is 7.11 Å². The highest BCUT2D eigenvalue weighted by atomic mass is 35.5. The first kappa shape index (κ1) is 17.1. The van der Waals surface area contributed by atoms with Crippen molar-refractivity contribution in [3.63, 3.8) is 0 Å². The fourth-order valence-electron chi connectivity index (χ4n) is 1.77. The summed E-state index contributed by atoms with van der Waals surface area (Å²) in [5.74, 6) is -1.42. The topological polar surface area (TPSA) is 88.5 Å². The van der Waals surface area contributed by atoms with Crippen molar-refractivity contribution in [3.8, 4) is 5.75 Å². The highest BCUT2D eigenvalue weighted by Crippen LogP contribution is 2.31. The van der Waals surface area contributed by atoms with Crippen LogP contribution in [-0.2, 0) is 11.3 Å². The molecule has 1 aromatic carbocycles. The van der Waals surface area contributed by atoms with Crippen LogP contribution in [0.2, 0.25) is 10.0 Å². The molecule has 2 aromatic rings. The summed E-state index contributed by atoms with van der Waals surface area (Å²) < 4.78 is 4.54. The maximum atomic E-state index is 12.1. The van der Waals surface area contributed by atoms with Crippen molar-refractivity contribution in [2.45, 2.75) is 6.54 Å². The second-order valence-corrected chi connectivity index (χ2v) is 5.35. The zero-order valence-corrected chi connectivity index (χ0v) is 13.5. The number of halogens is 2. The molecule has 0 fully saturated rings. The molecule has 0 aliphatic rings. The van der Waals surface area contributed by atoms with Crippen LogP contribution in [0.15, 0.2) is 30.5 Å². The van der Waals surface area contributed by atoms with Gasteiger partial charge >= 0.3 is 5.97 Å². The Morgan fingerprint density at radius 1 is 1.30 bits per heavy atom. The van der Waals surface area contributed by atoms with E-state index >= 15 is 0 Å². The van der Waals surface area contributed by atoms with Crippen molar-refractivity contribution in [2.24, 2.45) is 0 Å². The maximum absolute atomic E-state index is 12.1. The molecule has 120 valence electrons. The lowest BCUT2D eigenvalue weighted by Crippen LogP contribution is -2.23. The number of aromatic hydroxyl groups is 1. The van der Waals surface area contributed by atoms with Crippen LogP contribution in [0.5, 0.6) is 5.75 Å². The van der Waals surface area contributed by atoms with Gasteiger partial charge in [-0.15, -0.1) is 0 Å².